The van der Waals surface area contributed by atoms with Crippen molar-refractivity contribution in [2.75, 3.05) is 0 Å². The van der Waals surface area contributed by atoms with Crippen LogP contribution in [-0.4, -0.2) is 0 Å². The van der Waals surface area contributed by atoms with Gasteiger partial charge in [0, 0.05) is 25.7 Å². The van der Waals surface area contributed by atoms with Crippen LogP contribution in [0.4, 0.5) is 0 Å². The summed E-state index contributed by atoms with van der Waals surface area (Å²) in [5, 5.41) is 15.3. The Morgan fingerprint density at radius 2 is 0.702 bits per heavy atom. The number of benzene rings is 11. The molecule has 0 nitrogen and oxygen atoms in total. The van der Waals surface area contributed by atoms with Crippen LogP contribution in [0.3, 0.4) is 0 Å². The van der Waals surface area contributed by atoms with Crippen molar-refractivity contribution < 1.29 is 0 Å². The monoisotopic (exact) mass is 738 g/mol. The quantitative estimate of drug-likeness (QED) is 0.158. The minimum Gasteiger partial charge on any atom is -0.134 e. The van der Waals surface area contributed by atoms with Crippen molar-refractivity contribution in [3.63, 3.8) is 0 Å². The Bertz CT molecular complexity index is 3570. The highest BCUT2D eigenvalue weighted by Gasteiger charge is 2.23. The molecule has 264 valence electrons. The second kappa shape index (κ2) is 12.7. The molecule has 0 N–H and O–H groups in total. The number of hydrogen-bond acceptors (Lipinski definition) is 1. The average Bonchev–Trinajstić information content (AvgIpc) is 3.67. The van der Waals surface area contributed by atoms with E-state index in [1.807, 2.05) is 11.3 Å². The summed E-state index contributed by atoms with van der Waals surface area (Å²) >= 11 is 1.91. The van der Waals surface area contributed by atoms with Gasteiger partial charge in [-0.1, -0.05) is 182 Å². The molecule has 0 bridgehead atoms. The molecule has 0 saturated carbocycles. The fraction of sp³-hybridized carbons (Fsp3) is 0. The minimum absolute atomic E-state index is 1.22. The molecular weight excluding hydrogens is 705 g/mol. The molecule has 0 amide bonds. The zero-order valence-corrected chi connectivity index (χ0v) is 31.9. The third kappa shape index (κ3) is 4.99. The number of rotatable bonds is 4. The van der Waals surface area contributed by atoms with Gasteiger partial charge in [0.1, 0.15) is 0 Å². The second-order valence-corrected chi connectivity index (χ2v) is 16.2. The predicted octanol–water partition coefficient (Wildman–Crippen LogP) is 16.5. The van der Waals surface area contributed by atoms with Crippen molar-refractivity contribution in [2.24, 2.45) is 0 Å². The molecule has 1 heteroatoms. The third-order valence-corrected chi connectivity index (χ3v) is 13.2. The van der Waals surface area contributed by atoms with Gasteiger partial charge in [-0.3, -0.25) is 0 Å². The van der Waals surface area contributed by atoms with Crippen LogP contribution in [0.25, 0.3) is 119 Å². The van der Waals surface area contributed by atoms with Crippen LogP contribution < -0.4 is 0 Å². The van der Waals surface area contributed by atoms with E-state index >= 15 is 0 Å². The molecule has 12 rings (SSSR count). The maximum absolute atomic E-state index is 2.50. The average molecular weight is 739 g/mol. The van der Waals surface area contributed by atoms with Gasteiger partial charge in [0.15, 0.2) is 0 Å². The molecule has 57 heavy (non-hydrogen) atoms. The maximum Gasteiger partial charge on any atom is 0.0446 e. The van der Waals surface area contributed by atoms with Crippen molar-refractivity contribution in [2.45, 2.75) is 0 Å². The number of hydrogen-bond donors (Lipinski definition) is 0. The van der Waals surface area contributed by atoms with Crippen LogP contribution in [0.1, 0.15) is 0 Å². The summed E-state index contributed by atoms with van der Waals surface area (Å²) in [5.74, 6) is 0. The summed E-state index contributed by atoms with van der Waals surface area (Å²) in [6.07, 6.45) is 0. The molecule has 0 spiro atoms. The first-order valence-corrected chi connectivity index (χ1v) is 20.5. The zero-order valence-electron chi connectivity index (χ0n) is 31.0. The first-order chi connectivity index (χ1) is 28.3. The molecule has 0 aliphatic heterocycles. The van der Waals surface area contributed by atoms with Gasteiger partial charge >= 0.3 is 0 Å². The van der Waals surface area contributed by atoms with Crippen LogP contribution >= 0.6 is 11.3 Å². The van der Waals surface area contributed by atoms with E-state index in [2.05, 4.69) is 206 Å². The Morgan fingerprint density at radius 1 is 0.246 bits per heavy atom. The van der Waals surface area contributed by atoms with E-state index in [4.69, 9.17) is 0 Å². The van der Waals surface area contributed by atoms with E-state index in [1.54, 1.807) is 0 Å². The van der Waals surface area contributed by atoms with E-state index in [-0.39, 0.29) is 0 Å². The molecule has 0 unspecified atom stereocenters. The van der Waals surface area contributed by atoms with E-state index in [1.165, 1.54) is 119 Å². The predicted molar refractivity (Wildman–Crippen MR) is 249 cm³/mol. The highest BCUT2D eigenvalue weighted by molar-refractivity contribution is 7.26. The van der Waals surface area contributed by atoms with Crippen LogP contribution in [0.2, 0.25) is 0 Å². The summed E-state index contributed by atoms with van der Waals surface area (Å²) < 4.78 is 2.65. The molecular formula is C56H34S. The Balaban J connectivity index is 1.25. The highest BCUT2D eigenvalue weighted by atomic mass is 32.1. The minimum atomic E-state index is 1.22. The summed E-state index contributed by atoms with van der Waals surface area (Å²) in [6.45, 7) is 0. The van der Waals surface area contributed by atoms with Gasteiger partial charge in [0.05, 0.1) is 0 Å². The number of fused-ring (bicyclic) bond motifs is 9. The van der Waals surface area contributed by atoms with E-state index in [0.717, 1.165) is 0 Å². The summed E-state index contributed by atoms with van der Waals surface area (Å²) in [7, 11) is 0. The normalized spacial score (nSPS) is 11.9. The molecule has 12 aromatic rings. The Kier molecular flexibility index (Phi) is 7.20. The third-order valence-electron chi connectivity index (χ3n) is 12.0. The van der Waals surface area contributed by atoms with Crippen LogP contribution in [0, 0.1) is 0 Å². The Hall–Kier alpha value is -7.06. The van der Waals surface area contributed by atoms with Crippen LogP contribution in [-0.2, 0) is 0 Å². The summed E-state index contributed by atoms with van der Waals surface area (Å²) in [5.41, 5.74) is 10.0. The van der Waals surface area contributed by atoms with E-state index < -0.39 is 0 Å². The van der Waals surface area contributed by atoms with Crippen molar-refractivity contribution in [1.82, 2.24) is 0 Å². The lowest BCUT2D eigenvalue weighted by molar-refractivity contribution is 1.65. The topological polar surface area (TPSA) is 0 Å². The SMILES string of the molecule is c1ccc(-c2c(-c3ccc4c(-c5ccc6ccccc6c5)c5ccccc5c(-c5ccc6ccccc6c5)c4c3)c3ccccc3c3c2sc2ccccc23)cc1. The van der Waals surface area contributed by atoms with Crippen molar-refractivity contribution in [3.05, 3.63) is 206 Å². The van der Waals surface area contributed by atoms with Gasteiger partial charge in [0.25, 0.3) is 0 Å². The standard InChI is InChI=1S/C56H34S/c1-2-16-37(17-3-1)54-53(45-22-10-11-23-46(45)55-48-24-12-13-25-50(48)57-56(54)55)42-30-31-47-49(34-42)52(41-29-27-36-15-5-7-19-39(36)33-41)44-21-9-8-20-43(44)51(47)40-28-26-35-14-4-6-18-38(35)32-40/h1-34H. The van der Waals surface area contributed by atoms with Crippen LogP contribution in [0.15, 0.2) is 206 Å². The van der Waals surface area contributed by atoms with Gasteiger partial charge in [-0.2, -0.15) is 0 Å². The van der Waals surface area contributed by atoms with Gasteiger partial charge in [-0.05, 0) is 117 Å². The Labute approximate surface area is 334 Å². The van der Waals surface area contributed by atoms with Crippen molar-refractivity contribution in [3.8, 4) is 44.5 Å². The molecule has 0 radical (unpaired) electrons. The first kappa shape index (κ1) is 32.2. The van der Waals surface area contributed by atoms with E-state index in [9.17, 15) is 0 Å². The maximum atomic E-state index is 2.50. The molecule has 0 aliphatic carbocycles. The van der Waals surface area contributed by atoms with Gasteiger partial charge in [0.2, 0.25) is 0 Å². The molecule has 0 fully saturated rings. The van der Waals surface area contributed by atoms with Crippen molar-refractivity contribution in [1.29, 1.82) is 0 Å². The lowest BCUT2D eigenvalue weighted by atomic mass is 9.82. The smallest absolute Gasteiger partial charge is 0.0446 e. The fourth-order valence-electron chi connectivity index (χ4n) is 9.48. The second-order valence-electron chi connectivity index (χ2n) is 15.1. The van der Waals surface area contributed by atoms with Crippen molar-refractivity contribution >= 4 is 85.4 Å². The molecule has 0 aliphatic rings. The highest BCUT2D eigenvalue weighted by Crippen LogP contribution is 2.52. The molecule has 0 saturated heterocycles. The lowest BCUT2D eigenvalue weighted by Gasteiger charge is -2.21. The summed E-state index contributed by atoms with van der Waals surface area (Å²) in [6, 6.07) is 76.6. The van der Waals surface area contributed by atoms with E-state index in [0.29, 0.717) is 0 Å². The molecule has 1 aromatic heterocycles. The fourth-order valence-corrected chi connectivity index (χ4v) is 10.8. The first-order valence-electron chi connectivity index (χ1n) is 19.7. The van der Waals surface area contributed by atoms with Crippen LogP contribution in [0.5, 0.6) is 0 Å². The molecule has 0 atom stereocenters. The summed E-state index contributed by atoms with van der Waals surface area (Å²) in [4.78, 5) is 0. The molecule has 11 aromatic carbocycles. The zero-order chi connectivity index (χ0) is 37.5. The molecule has 1 heterocycles. The lowest BCUT2D eigenvalue weighted by Crippen LogP contribution is -1.94. The largest absolute Gasteiger partial charge is 0.134 e. The van der Waals surface area contributed by atoms with Gasteiger partial charge < -0.3 is 0 Å². The number of thiophene rings is 1. The Morgan fingerprint density at radius 3 is 1.35 bits per heavy atom. The van der Waals surface area contributed by atoms with Gasteiger partial charge in [-0.15, -0.1) is 11.3 Å². The van der Waals surface area contributed by atoms with Gasteiger partial charge in [-0.25, -0.2) is 0 Å².